The van der Waals surface area contributed by atoms with Crippen LogP contribution in [0.4, 0.5) is 11.4 Å². The number of rotatable bonds is 21. The van der Waals surface area contributed by atoms with E-state index in [1.807, 2.05) is 88.4 Å². The van der Waals surface area contributed by atoms with Gasteiger partial charge >= 0.3 is 5.97 Å². The summed E-state index contributed by atoms with van der Waals surface area (Å²) in [6.07, 6.45) is 4.16. The number of fused-ring (bicyclic) bond motifs is 4. The lowest BCUT2D eigenvalue weighted by molar-refractivity contribution is -0.125. The number of hydrogen-bond acceptors (Lipinski definition) is 10. The summed E-state index contributed by atoms with van der Waals surface area (Å²) < 4.78 is 23.3. The molecule has 3 aliphatic rings. The van der Waals surface area contributed by atoms with Gasteiger partial charge in [-0.15, -0.1) is 0 Å². The molecule has 0 bridgehead atoms. The van der Waals surface area contributed by atoms with Crippen molar-refractivity contribution >= 4 is 40.8 Å². The van der Waals surface area contributed by atoms with Gasteiger partial charge in [-0.1, -0.05) is 54.3 Å². The quantitative estimate of drug-likeness (QED) is 0.0494. The maximum Gasteiger partial charge on any atom is 0.336 e. The van der Waals surface area contributed by atoms with Crippen molar-refractivity contribution in [1.82, 2.24) is 10.6 Å². The first-order chi connectivity index (χ1) is 33.1. The van der Waals surface area contributed by atoms with Crippen molar-refractivity contribution in [3.63, 3.8) is 0 Å². The van der Waals surface area contributed by atoms with Crippen LogP contribution >= 0.6 is 0 Å². The number of carboxylic acid groups (broad SMARTS) is 1. The molecule has 14 heteroatoms. The first kappa shape index (κ1) is 48.9. The van der Waals surface area contributed by atoms with Crippen molar-refractivity contribution in [3.05, 3.63) is 147 Å². The largest absolute Gasteiger partial charge is 0.478 e. The van der Waals surface area contributed by atoms with Crippen LogP contribution < -0.4 is 25.6 Å². The van der Waals surface area contributed by atoms with Crippen molar-refractivity contribution in [2.45, 2.75) is 53.0 Å². The van der Waals surface area contributed by atoms with E-state index >= 15 is 0 Å². The Bertz CT molecular complexity index is 2680. The van der Waals surface area contributed by atoms with Gasteiger partial charge < -0.3 is 44.9 Å². The molecule has 354 valence electrons. The lowest BCUT2D eigenvalue weighted by Crippen LogP contribution is -2.34. The van der Waals surface area contributed by atoms with E-state index in [0.717, 1.165) is 57.0 Å². The first-order valence-corrected chi connectivity index (χ1v) is 23.2. The Kier molecular flexibility index (Phi) is 17.0. The van der Waals surface area contributed by atoms with Crippen LogP contribution in [0, 0.1) is 24.7 Å². The average molecular weight is 922 g/mol. The van der Waals surface area contributed by atoms with Gasteiger partial charge in [0.15, 0.2) is 0 Å². The zero-order valence-electron chi connectivity index (χ0n) is 39.1. The van der Waals surface area contributed by atoms with Crippen molar-refractivity contribution in [2.24, 2.45) is 10.9 Å². The van der Waals surface area contributed by atoms with Gasteiger partial charge in [-0.3, -0.25) is 19.4 Å². The molecule has 4 aromatic carbocycles. The predicted molar refractivity (Wildman–Crippen MR) is 262 cm³/mol. The second-order valence-electron chi connectivity index (χ2n) is 16.6. The number of para-hydroxylation sites is 1. The summed E-state index contributed by atoms with van der Waals surface area (Å²) in [5.41, 5.74) is 8.84. The Labute approximate surface area is 397 Å². The number of carbonyl (C=O) groups excluding carboxylic acids is 3. The number of carboxylic acids is 1. The number of hydrogen-bond donors (Lipinski definition) is 4. The molecule has 0 aromatic heterocycles. The third kappa shape index (κ3) is 12.1. The lowest BCUT2D eigenvalue weighted by atomic mass is 9.73. The number of aryl methyl sites for hydroxylation is 1. The molecule has 0 fully saturated rings. The van der Waals surface area contributed by atoms with Crippen molar-refractivity contribution < 1.29 is 43.2 Å². The molecule has 4 aromatic rings. The number of ether oxygens (including phenoxy) is 4. The minimum Gasteiger partial charge on any atom is -0.478 e. The standard InChI is InChI=1S/C54H59N5O9/c1-5-55-45-32-48-43(29-35(45)3)52(44-30-36(4)46(56-6-2)33-49(44)68-48)41-18-17-39(31-42(41)54(63)64)53(62)58-22-24-66-26-28-67-27-25-65-23-21-57-50(60)19-20-51(61)59-34-40-13-8-7-11-37(40)15-16-38-12-9-10-14-47(38)59/h7-14,17-18,29-33,43,52,56H,5-6,19-28,34H2,1-4H3,(H,57,60)(H,58,62)(H,63,64)/b55-45-. The fraction of sp³-hybridized carbons (Fsp3) is 0.352. The van der Waals surface area contributed by atoms with E-state index in [1.165, 1.54) is 6.07 Å². The molecular formula is C54H59N5O9. The van der Waals surface area contributed by atoms with Crippen LogP contribution in [0.3, 0.4) is 0 Å². The number of allylic oxidation sites excluding steroid dienone is 3. The topological polar surface area (TPSA) is 177 Å². The minimum atomic E-state index is -1.13. The second-order valence-corrected chi connectivity index (χ2v) is 16.6. The zero-order valence-corrected chi connectivity index (χ0v) is 39.1. The Morgan fingerprint density at radius 1 is 0.809 bits per heavy atom. The molecule has 68 heavy (non-hydrogen) atoms. The number of aromatic carboxylic acids is 1. The van der Waals surface area contributed by atoms with Crippen molar-refractivity contribution in [3.8, 4) is 17.6 Å². The summed E-state index contributed by atoms with van der Waals surface area (Å²) in [4.78, 5) is 58.4. The van der Waals surface area contributed by atoms with Gasteiger partial charge in [0.1, 0.15) is 11.5 Å². The number of anilines is 2. The van der Waals surface area contributed by atoms with Crippen LogP contribution in [0.15, 0.2) is 107 Å². The first-order valence-electron chi connectivity index (χ1n) is 23.2. The van der Waals surface area contributed by atoms with Crippen molar-refractivity contribution in [1.29, 1.82) is 0 Å². The summed E-state index contributed by atoms with van der Waals surface area (Å²) in [5.74, 6) is 5.14. The van der Waals surface area contributed by atoms with Gasteiger partial charge in [0.25, 0.3) is 5.91 Å². The SMILES string of the molecule is CC/N=C1/C=C2Oc3cc(NCC)c(C)cc3C(c3ccc(C(=O)NCCOCCOCCOCCNC(=O)CCC(=O)N4Cc5ccccc5C#Cc5ccccc54)cc3C(=O)O)C2C=C1C. The molecule has 0 spiro atoms. The number of benzene rings is 4. The predicted octanol–water partition coefficient (Wildman–Crippen LogP) is 7.19. The van der Waals surface area contributed by atoms with E-state index in [-0.39, 0.29) is 67.4 Å². The molecule has 2 unspecified atom stereocenters. The number of nitrogens with one attached hydrogen (secondary N) is 3. The highest BCUT2D eigenvalue weighted by Crippen LogP contribution is 2.50. The Morgan fingerprint density at radius 3 is 2.24 bits per heavy atom. The number of aliphatic imine (C=N–C) groups is 1. The molecule has 2 aliphatic heterocycles. The Morgan fingerprint density at radius 2 is 1.50 bits per heavy atom. The molecule has 14 nitrogen and oxygen atoms in total. The average Bonchev–Trinajstić information content (AvgIpc) is 3.33. The second kappa shape index (κ2) is 23.6. The summed E-state index contributed by atoms with van der Waals surface area (Å²) in [6.45, 7) is 12.0. The number of nitrogens with zero attached hydrogens (tertiary/aromatic N) is 2. The molecule has 7 rings (SSSR count). The molecule has 2 atom stereocenters. The van der Waals surface area contributed by atoms with Gasteiger partial charge in [0.05, 0.1) is 63.1 Å². The van der Waals surface area contributed by atoms with Gasteiger partial charge in [-0.05, 0) is 86.4 Å². The van der Waals surface area contributed by atoms with Gasteiger partial charge in [-0.2, -0.15) is 0 Å². The molecule has 4 N–H and O–H groups in total. The van der Waals surface area contributed by atoms with Crippen LogP contribution in [0.5, 0.6) is 5.75 Å². The van der Waals surface area contributed by atoms with Gasteiger partial charge in [0.2, 0.25) is 11.8 Å². The maximum atomic E-state index is 13.4. The van der Waals surface area contributed by atoms with E-state index in [2.05, 4.69) is 44.9 Å². The monoisotopic (exact) mass is 921 g/mol. The molecule has 0 radical (unpaired) electrons. The third-order valence-corrected chi connectivity index (χ3v) is 11.9. The minimum absolute atomic E-state index is 0.0438. The third-order valence-electron chi connectivity index (χ3n) is 11.9. The van der Waals surface area contributed by atoms with Crippen LogP contribution in [0.1, 0.15) is 93.6 Å². The van der Waals surface area contributed by atoms with Crippen LogP contribution in [0.25, 0.3) is 0 Å². The highest BCUT2D eigenvalue weighted by atomic mass is 16.5. The molecule has 0 saturated heterocycles. The fourth-order valence-electron chi connectivity index (χ4n) is 8.53. The van der Waals surface area contributed by atoms with E-state index in [9.17, 15) is 24.3 Å². The number of carbonyl (C=O) groups is 4. The van der Waals surface area contributed by atoms with E-state index in [4.69, 9.17) is 18.9 Å². The van der Waals surface area contributed by atoms with E-state index in [1.54, 1.807) is 17.0 Å². The van der Waals surface area contributed by atoms with Gasteiger partial charge in [0, 0.05) is 90.9 Å². The summed E-state index contributed by atoms with van der Waals surface area (Å²) in [5, 5.41) is 19.5. The van der Waals surface area contributed by atoms with E-state index in [0.29, 0.717) is 63.1 Å². The Balaban J connectivity index is 0.802. The Hall–Kier alpha value is -7.05. The smallest absolute Gasteiger partial charge is 0.336 e. The summed E-state index contributed by atoms with van der Waals surface area (Å²) >= 11 is 0. The highest BCUT2D eigenvalue weighted by molar-refractivity contribution is 6.09. The van der Waals surface area contributed by atoms with Crippen LogP contribution in [0.2, 0.25) is 0 Å². The molecule has 0 saturated carbocycles. The number of amides is 3. The zero-order chi connectivity index (χ0) is 48.0. The summed E-state index contributed by atoms with van der Waals surface area (Å²) in [7, 11) is 0. The normalized spacial score (nSPS) is 16.2. The summed E-state index contributed by atoms with van der Waals surface area (Å²) in [6, 6.07) is 24.2. The van der Waals surface area contributed by atoms with Crippen molar-refractivity contribution in [2.75, 3.05) is 76.0 Å². The lowest BCUT2D eigenvalue weighted by Gasteiger charge is -2.37. The fourth-order valence-corrected chi connectivity index (χ4v) is 8.53. The van der Waals surface area contributed by atoms with E-state index < -0.39 is 11.9 Å². The van der Waals surface area contributed by atoms with Crippen LogP contribution in [-0.4, -0.2) is 100 Å². The molecule has 2 heterocycles. The maximum absolute atomic E-state index is 13.4. The molecule has 3 amide bonds. The van der Waals surface area contributed by atoms with Crippen LogP contribution in [-0.2, 0) is 30.3 Å². The molecular weight excluding hydrogens is 863 g/mol. The molecule has 1 aliphatic carbocycles. The van der Waals surface area contributed by atoms with Gasteiger partial charge in [-0.25, -0.2) is 4.79 Å². The highest BCUT2D eigenvalue weighted by Gasteiger charge is 2.39.